The minimum atomic E-state index is -0.495. The second-order valence-corrected chi connectivity index (χ2v) is 5.88. The summed E-state index contributed by atoms with van der Waals surface area (Å²) >= 11 is 0. The molecule has 0 radical (unpaired) electrons. The molecule has 0 heterocycles. The SMILES string of the molecule is COCc1cccc(C(=O)Oc2ccc(C(=O)c3ccc(F)cc3)cc2)c1. The summed E-state index contributed by atoms with van der Waals surface area (Å²) in [5, 5.41) is 0. The summed E-state index contributed by atoms with van der Waals surface area (Å²) < 4.78 is 23.4. The minimum Gasteiger partial charge on any atom is -0.423 e. The number of ketones is 1. The van der Waals surface area contributed by atoms with Crippen molar-refractivity contribution in [3.8, 4) is 5.75 Å². The van der Waals surface area contributed by atoms with E-state index in [0.717, 1.165) is 5.56 Å². The third kappa shape index (κ3) is 4.65. The predicted molar refractivity (Wildman–Crippen MR) is 98.4 cm³/mol. The van der Waals surface area contributed by atoms with Crippen LogP contribution in [0, 0.1) is 5.82 Å². The van der Waals surface area contributed by atoms with E-state index in [2.05, 4.69) is 0 Å². The lowest BCUT2D eigenvalue weighted by Crippen LogP contribution is -2.09. The molecule has 0 bridgehead atoms. The second kappa shape index (κ2) is 8.38. The summed E-state index contributed by atoms with van der Waals surface area (Å²) in [6.45, 7) is 0.404. The lowest BCUT2D eigenvalue weighted by Gasteiger charge is -2.07. The van der Waals surface area contributed by atoms with Gasteiger partial charge in [0.05, 0.1) is 12.2 Å². The van der Waals surface area contributed by atoms with Gasteiger partial charge in [0, 0.05) is 18.2 Å². The Kier molecular flexibility index (Phi) is 5.74. The van der Waals surface area contributed by atoms with Crippen LogP contribution in [0.25, 0.3) is 0 Å². The fraction of sp³-hybridized carbons (Fsp3) is 0.0909. The maximum Gasteiger partial charge on any atom is 0.343 e. The number of ether oxygens (including phenoxy) is 2. The number of esters is 1. The van der Waals surface area contributed by atoms with Gasteiger partial charge < -0.3 is 9.47 Å². The summed E-state index contributed by atoms with van der Waals surface area (Å²) in [5.41, 5.74) is 2.09. The van der Waals surface area contributed by atoms with Crippen molar-refractivity contribution in [2.75, 3.05) is 7.11 Å². The number of hydrogen-bond donors (Lipinski definition) is 0. The van der Waals surface area contributed by atoms with Crippen molar-refractivity contribution in [3.05, 3.63) is 101 Å². The molecule has 4 nitrogen and oxygen atoms in total. The number of rotatable bonds is 6. The number of carbonyl (C=O) groups is 2. The molecule has 0 spiro atoms. The fourth-order valence-electron chi connectivity index (χ4n) is 2.56. The van der Waals surface area contributed by atoms with Crippen molar-refractivity contribution in [3.63, 3.8) is 0 Å². The fourth-order valence-corrected chi connectivity index (χ4v) is 2.56. The Morgan fingerprint density at radius 2 is 1.48 bits per heavy atom. The average molecular weight is 364 g/mol. The molecule has 0 aliphatic rings. The van der Waals surface area contributed by atoms with Crippen molar-refractivity contribution in [2.24, 2.45) is 0 Å². The highest BCUT2D eigenvalue weighted by Gasteiger charge is 2.12. The zero-order valence-corrected chi connectivity index (χ0v) is 14.6. The highest BCUT2D eigenvalue weighted by Crippen LogP contribution is 2.18. The Morgan fingerprint density at radius 1 is 0.852 bits per heavy atom. The predicted octanol–water partition coefficient (Wildman–Crippen LogP) is 4.42. The van der Waals surface area contributed by atoms with E-state index in [4.69, 9.17) is 9.47 Å². The van der Waals surface area contributed by atoms with Crippen LogP contribution in [0.1, 0.15) is 31.8 Å². The molecule has 0 saturated heterocycles. The first kappa shape index (κ1) is 18.5. The standard InChI is InChI=1S/C22H17FO4/c1-26-14-15-3-2-4-18(13-15)22(25)27-20-11-7-17(8-12-20)21(24)16-5-9-19(23)10-6-16/h2-13H,14H2,1H3. The third-order valence-electron chi connectivity index (χ3n) is 3.91. The number of halogens is 1. The van der Waals surface area contributed by atoms with E-state index >= 15 is 0 Å². The van der Waals surface area contributed by atoms with Gasteiger partial charge in [-0.15, -0.1) is 0 Å². The normalized spacial score (nSPS) is 10.4. The number of methoxy groups -OCH3 is 1. The van der Waals surface area contributed by atoms with Gasteiger partial charge in [-0.05, 0) is 66.2 Å². The number of benzene rings is 3. The van der Waals surface area contributed by atoms with Gasteiger partial charge in [0.25, 0.3) is 0 Å². The van der Waals surface area contributed by atoms with Crippen LogP contribution in [0.2, 0.25) is 0 Å². The highest BCUT2D eigenvalue weighted by atomic mass is 19.1. The Bertz CT molecular complexity index is 947. The molecule has 0 aromatic heterocycles. The largest absolute Gasteiger partial charge is 0.423 e. The first-order chi connectivity index (χ1) is 13.1. The van der Waals surface area contributed by atoms with Crippen molar-refractivity contribution in [1.29, 1.82) is 0 Å². The van der Waals surface area contributed by atoms with Gasteiger partial charge in [-0.25, -0.2) is 9.18 Å². The summed E-state index contributed by atoms with van der Waals surface area (Å²) in [6, 6.07) is 18.5. The van der Waals surface area contributed by atoms with Crippen LogP contribution in [0.3, 0.4) is 0 Å². The van der Waals surface area contributed by atoms with Crippen LogP contribution in [0.15, 0.2) is 72.8 Å². The number of carbonyl (C=O) groups excluding carboxylic acids is 2. The van der Waals surface area contributed by atoms with Crippen molar-refractivity contribution in [1.82, 2.24) is 0 Å². The van der Waals surface area contributed by atoms with E-state index < -0.39 is 11.8 Å². The summed E-state index contributed by atoms with van der Waals surface area (Å²) in [5.74, 6) is -0.804. The molecule has 27 heavy (non-hydrogen) atoms. The Hall–Kier alpha value is -3.31. The molecule has 0 atom stereocenters. The van der Waals surface area contributed by atoms with Crippen LogP contribution in [0.5, 0.6) is 5.75 Å². The molecule has 5 heteroatoms. The molecule has 3 aromatic rings. The van der Waals surface area contributed by atoms with E-state index in [0.29, 0.717) is 29.0 Å². The highest BCUT2D eigenvalue weighted by molar-refractivity contribution is 6.09. The number of hydrogen-bond acceptors (Lipinski definition) is 4. The quantitative estimate of drug-likeness (QED) is 0.369. The van der Waals surface area contributed by atoms with Gasteiger partial charge in [-0.2, -0.15) is 0 Å². The molecule has 3 aromatic carbocycles. The van der Waals surface area contributed by atoms with Crippen LogP contribution < -0.4 is 4.74 Å². The first-order valence-corrected chi connectivity index (χ1v) is 8.27. The molecule has 0 aliphatic carbocycles. The van der Waals surface area contributed by atoms with Crippen molar-refractivity contribution in [2.45, 2.75) is 6.61 Å². The molecule has 3 rings (SSSR count). The van der Waals surface area contributed by atoms with Gasteiger partial charge in [-0.1, -0.05) is 12.1 Å². The molecule has 0 unspecified atom stereocenters. The monoisotopic (exact) mass is 364 g/mol. The van der Waals surface area contributed by atoms with Gasteiger partial charge in [0.2, 0.25) is 0 Å². The van der Waals surface area contributed by atoms with Gasteiger partial charge in [0.1, 0.15) is 11.6 Å². The Morgan fingerprint density at radius 3 is 2.11 bits per heavy atom. The summed E-state index contributed by atoms with van der Waals surface area (Å²) in [4.78, 5) is 24.6. The molecule has 0 fully saturated rings. The molecule has 0 saturated carbocycles. The molecule has 0 amide bonds. The van der Waals surface area contributed by atoms with E-state index in [-0.39, 0.29) is 5.78 Å². The summed E-state index contributed by atoms with van der Waals surface area (Å²) in [7, 11) is 1.58. The van der Waals surface area contributed by atoms with E-state index in [1.165, 1.54) is 24.3 Å². The van der Waals surface area contributed by atoms with Crippen molar-refractivity contribution < 1.29 is 23.5 Å². The van der Waals surface area contributed by atoms with Gasteiger partial charge in [0.15, 0.2) is 5.78 Å². The minimum absolute atomic E-state index is 0.236. The maximum absolute atomic E-state index is 13.0. The van der Waals surface area contributed by atoms with E-state index in [1.807, 2.05) is 6.07 Å². The molecule has 136 valence electrons. The van der Waals surface area contributed by atoms with Crippen LogP contribution in [-0.4, -0.2) is 18.9 Å². The van der Waals surface area contributed by atoms with Gasteiger partial charge >= 0.3 is 5.97 Å². The van der Waals surface area contributed by atoms with Gasteiger partial charge in [-0.3, -0.25) is 4.79 Å². The third-order valence-corrected chi connectivity index (χ3v) is 3.91. The molecular formula is C22H17FO4. The van der Waals surface area contributed by atoms with E-state index in [1.54, 1.807) is 49.6 Å². The molecular weight excluding hydrogens is 347 g/mol. The topological polar surface area (TPSA) is 52.6 Å². The lowest BCUT2D eigenvalue weighted by atomic mass is 10.0. The molecule has 0 aliphatic heterocycles. The zero-order chi connectivity index (χ0) is 19.2. The van der Waals surface area contributed by atoms with Crippen LogP contribution in [-0.2, 0) is 11.3 Å². The molecule has 0 N–H and O–H groups in total. The Balaban J connectivity index is 1.70. The lowest BCUT2D eigenvalue weighted by molar-refractivity contribution is 0.0734. The smallest absolute Gasteiger partial charge is 0.343 e. The van der Waals surface area contributed by atoms with Crippen LogP contribution in [0.4, 0.5) is 4.39 Å². The Labute approximate surface area is 156 Å². The average Bonchev–Trinajstić information content (AvgIpc) is 2.69. The van der Waals surface area contributed by atoms with Crippen molar-refractivity contribution >= 4 is 11.8 Å². The second-order valence-electron chi connectivity index (χ2n) is 5.88. The first-order valence-electron chi connectivity index (χ1n) is 8.27. The van der Waals surface area contributed by atoms with E-state index in [9.17, 15) is 14.0 Å². The van der Waals surface area contributed by atoms with Crippen LogP contribution >= 0.6 is 0 Å². The zero-order valence-electron chi connectivity index (χ0n) is 14.6. The summed E-state index contributed by atoms with van der Waals surface area (Å²) in [6.07, 6.45) is 0. The maximum atomic E-state index is 13.0.